The number of halogens is 1. The van der Waals surface area contributed by atoms with Gasteiger partial charge >= 0.3 is 5.97 Å². The van der Waals surface area contributed by atoms with Crippen molar-refractivity contribution in [2.45, 2.75) is 86.1 Å². The quantitative estimate of drug-likeness (QED) is 0.105. The van der Waals surface area contributed by atoms with Crippen molar-refractivity contribution in [1.29, 1.82) is 0 Å². The number of fused-ring (bicyclic) bond motifs is 1. The van der Waals surface area contributed by atoms with Crippen LogP contribution in [0.5, 0.6) is 0 Å². The van der Waals surface area contributed by atoms with Gasteiger partial charge in [-0.25, -0.2) is 0 Å². The van der Waals surface area contributed by atoms with E-state index in [1.807, 2.05) is 38.1 Å². The van der Waals surface area contributed by atoms with E-state index in [-0.39, 0.29) is 34.5 Å². The van der Waals surface area contributed by atoms with Gasteiger partial charge in [0.1, 0.15) is 6.04 Å². The molecular formula is C33H45BrN2O5S. The number of ether oxygens (including phenoxy) is 1. The predicted octanol–water partition coefficient (Wildman–Crippen LogP) is 5.74. The molecule has 1 N–H and O–H groups in total. The van der Waals surface area contributed by atoms with Gasteiger partial charge in [-0.3, -0.25) is 14.4 Å². The van der Waals surface area contributed by atoms with Gasteiger partial charge in [0.05, 0.1) is 23.2 Å². The summed E-state index contributed by atoms with van der Waals surface area (Å²) in [6.07, 6.45) is 9.88. The van der Waals surface area contributed by atoms with Crippen LogP contribution in [0.3, 0.4) is 0 Å². The second-order valence-electron chi connectivity index (χ2n) is 11.8. The number of hydrogen-bond acceptors (Lipinski definition) is 6. The number of rotatable bonds is 16. The maximum absolute atomic E-state index is 14.8. The first-order chi connectivity index (χ1) is 20.2. The monoisotopic (exact) mass is 660 g/mol. The van der Waals surface area contributed by atoms with Crippen molar-refractivity contribution in [2.24, 2.45) is 11.8 Å². The highest BCUT2D eigenvalue weighted by atomic mass is 79.9. The maximum Gasteiger partial charge on any atom is 0.310 e. The standard InChI is InChI=1S/C33H45BrN2O5S/c1-5-7-8-13-20-41-32(40)25-26-30(38)36(18-11-9-10-12-19-37)29(33(26)21-24(34)28(25)42-33)31(39)35(17-6-2)27-22(3)15-14-16-23(27)4/h5-6,14-16,24-26,28-29,37H,1-2,7-13,17-21H2,3-4H3/t24?,25-,26+,28-,29?,33?/m1/s1. The molecule has 2 bridgehead atoms. The minimum Gasteiger partial charge on any atom is -0.465 e. The predicted molar refractivity (Wildman–Crippen MR) is 173 cm³/mol. The first-order valence-electron chi connectivity index (χ1n) is 15.2. The first kappa shape index (κ1) is 32.8. The minimum absolute atomic E-state index is 0.00211. The third kappa shape index (κ3) is 6.25. The molecule has 3 heterocycles. The van der Waals surface area contributed by atoms with Crippen molar-refractivity contribution < 1.29 is 24.2 Å². The smallest absolute Gasteiger partial charge is 0.310 e. The van der Waals surface area contributed by atoms with Crippen LogP contribution in [0.2, 0.25) is 0 Å². The van der Waals surface area contributed by atoms with Crippen LogP contribution in [0.4, 0.5) is 5.69 Å². The third-order valence-electron chi connectivity index (χ3n) is 8.94. The fraction of sp³-hybridized carbons (Fsp3) is 0.606. The van der Waals surface area contributed by atoms with Crippen LogP contribution in [-0.2, 0) is 19.1 Å². The molecule has 4 rings (SSSR count). The summed E-state index contributed by atoms with van der Waals surface area (Å²) < 4.78 is 5.04. The van der Waals surface area contributed by atoms with E-state index in [0.29, 0.717) is 32.5 Å². The van der Waals surface area contributed by atoms with E-state index < -0.39 is 22.6 Å². The number of carbonyl (C=O) groups is 3. The highest BCUT2D eigenvalue weighted by molar-refractivity contribution is 9.09. The number of likely N-dealkylation sites (tertiary alicyclic amines) is 1. The fourth-order valence-corrected chi connectivity index (χ4v) is 10.7. The molecule has 1 aromatic carbocycles. The third-order valence-corrected chi connectivity index (χ3v) is 12.2. The van der Waals surface area contributed by atoms with E-state index >= 15 is 0 Å². The Hall–Kier alpha value is -2.10. The fourth-order valence-electron chi connectivity index (χ4n) is 7.13. The molecule has 9 heteroatoms. The molecule has 7 nitrogen and oxygen atoms in total. The molecule has 3 fully saturated rings. The van der Waals surface area contributed by atoms with Gasteiger partial charge in [0.25, 0.3) is 5.91 Å². The van der Waals surface area contributed by atoms with Crippen LogP contribution < -0.4 is 4.90 Å². The highest BCUT2D eigenvalue weighted by Crippen LogP contribution is 2.68. The summed E-state index contributed by atoms with van der Waals surface area (Å²) in [5.41, 5.74) is 2.82. The molecule has 2 amide bonds. The second kappa shape index (κ2) is 14.6. The number of allylic oxidation sites excluding steroid dienone is 1. The number of thioether (sulfide) groups is 1. The van der Waals surface area contributed by atoms with Crippen molar-refractivity contribution in [1.82, 2.24) is 4.90 Å². The molecule has 1 aromatic rings. The van der Waals surface area contributed by atoms with E-state index in [1.54, 1.807) is 27.6 Å². The topological polar surface area (TPSA) is 87.2 Å². The first-order valence-corrected chi connectivity index (χ1v) is 17.0. The molecule has 3 aliphatic rings. The number of aryl methyl sites for hydroxylation is 2. The lowest BCUT2D eigenvalue weighted by Crippen LogP contribution is -2.56. The van der Waals surface area contributed by atoms with E-state index in [9.17, 15) is 19.5 Å². The number of para-hydroxylation sites is 1. The van der Waals surface area contributed by atoms with Gasteiger partial charge in [-0.05, 0) is 63.5 Å². The van der Waals surface area contributed by atoms with Gasteiger partial charge in [0, 0.05) is 35.5 Å². The molecule has 230 valence electrons. The number of carbonyl (C=O) groups excluding carboxylic acids is 3. The van der Waals surface area contributed by atoms with E-state index in [1.165, 1.54) is 0 Å². The van der Waals surface area contributed by atoms with Crippen molar-refractivity contribution in [2.75, 3.05) is 31.2 Å². The van der Waals surface area contributed by atoms with Crippen molar-refractivity contribution in [3.8, 4) is 0 Å². The summed E-state index contributed by atoms with van der Waals surface area (Å²) >= 11 is 5.48. The number of unbranched alkanes of at least 4 members (excludes halogenated alkanes) is 5. The lowest BCUT2D eigenvalue weighted by molar-refractivity contribution is -0.154. The Morgan fingerprint density at radius 3 is 2.52 bits per heavy atom. The van der Waals surface area contributed by atoms with Crippen molar-refractivity contribution >= 4 is 51.2 Å². The highest BCUT2D eigenvalue weighted by Gasteiger charge is 2.76. The summed E-state index contributed by atoms with van der Waals surface area (Å²) in [5, 5.41) is 9.08. The van der Waals surface area contributed by atoms with Crippen LogP contribution >= 0.6 is 27.7 Å². The molecule has 0 radical (unpaired) electrons. The van der Waals surface area contributed by atoms with Gasteiger partial charge in [-0.1, -0.05) is 59.1 Å². The second-order valence-corrected chi connectivity index (χ2v) is 14.5. The Labute approximate surface area is 263 Å². The van der Waals surface area contributed by atoms with E-state index in [4.69, 9.17) is 4.74 Å². The molecule has 0 aromatic heterocycles. The summed E-state index contributed by atoms with van der Waals surface area (Å²) in [7, 11) is 0. The number of alkyl halides is 1. The molecule has 6 atom stereocenters. The normalized spacial score (nSPS) is 27.7. The zero-order chi connectivity index (χ0) is 30.4. The van der Waals surface area contributed by atoms with E-state index in [2.05, 4.69) is 29.1 Å². The summed E-state index contributed by atoms with van der Waals surface area (Å²) in [6.45, 7) is 12.9. The van der Waals surface area contributed by atoms with Gasteiger partial charge in [-0.2, -0.15) is 0 Å². The molecular weight excluding hydrogens is 616 g/mol. The van der Waals surface area contributed by atoms with Crippen molar-refractivity contribution in [3.63, 3.8) is 0 Å². The number of benzene rings is 1. The number of esters is 1. The number of amides is 2. The molecule has 0 aliphatic carbocycles. The zero-order valence-electron chi connectivity index (χ0n) is 24.9. The molecule has 0 saturated carbocycles. The SMILES string of the molecule is C=CCCCCOC(=O)[C@H]1[C@@H]2SC3(CC2Br)C(C(=O)N(CC=C)c2c(C)cccc2C)N(CCCCCCO)C(=O)[C@H]13. The van der Waals surface area contributed by atoms with Crippen LogP contribution in [0.15, 0.2) is 43.5 Å². The number of nitrogens with zero attached hydrogens (tertiary/aromatic N) is 2. The number of aliphatic hydroxyl groups excluding tert-OH is 1. The Kier molecular flexibility index (Phi) is 11.4. The average molecular weight is 662 g/mol. The largest absolute Gasteiger partial charge is 0.465 e. The van der Waals surface area contributed by atoms with Crippen LogP contribution in [0, 0.1) is 25.7 Å². The molecule has 1 spiro atoms. The minimum atomic E-state index is -0.722. The average Bonchev–Trinajstić information content (AvgIpc) is 3.55. The maximum atomic E-state index is 14.8. The van der Waals surface area contributed by atoms with Gasteiger partial charge in [0.15, 0.2) is 0 Å². The molecule has 3 aliphatic heterocycles. The lowest BCUT2D eigenvalue weighted by Gasteiger charge is -2.38. The van der Waals surface area contributed by atoms with Gasteiger partial charge < -0.3 is 19.6 Å². The zero-order valence-corrected chi connectivity index (χ0v) is 27.3. The Bertz CT molecular complexity index is 1160. The number of anilines is 1. The Balaban J connectivity index is 1.69. The van der Waals surface area contributed by atoms with Gasteiger partial charge in [0.2, 0.25) is 5.91 Å². The lowest BCUT2D eigenvalue weighted by atomic mass is 9.71. The van der Waals surface area contributed by atoms with Gasteiger partial charge in [-0.15, -0.1) is 24.9 Å². The molecule has 42 heavy (non-hydrogen) atoms. The summed E-state index contributed by atoms with van der Waals surface area (Å²) in [6, 6.07) is 5.27. The Morgan fingerprint density at radius 1 is 1.14 bits per heavy atom. The summed E-state index contributed by atoms with van der Waals surface area (Å²) in [4.78, 5) is 46.3. The molecule has 3 unspecified atom stereocenters. The van der Waals surface area contributed by atoms with Crippen LogP contribution in [0.25, 0.3) is 0 Å². The van der Waals surface area contributed by atoms with Crippen molar-refractivity contribution in [3.05, 3.63) is 54.6 Å². The van der Waals surface area contributed by atoms with Crippen LogP contribution in [0.1, 0.15) is 62.5 Å². The molecule has 3 saturated heterocycles. The summed E-state index contributed by atoms with van der Waals surface area (Å²) in [5.74, 6) is -1.76. The van der Waals surface area contributed by atoms with Crippen LogP contribution in [-0.4, -0.2) is 75.0 Å². The Morgan fingerprint density at radius 2 is 1.86 bits per heavy atom. The number of hydrogen-bond donors (Lipinski definition) is 1. The number of aliphatic hydroxyl groups is 1. The van der Waals surface area contributed by atoms with E-state index in [0.717, 1.165) is 55.3 Å².